The van der Waals surface area contributed by atoms with Gasteiger partial charge >= 0.3 is 12.1 Å². The van der Waals surface area contributed by atoms with Crippen LogP contribution in [0.25, 0.3) is 0 Å². The molecule has 0 bridgehead atoms. The van der Waals surface area contributed by atoms with Crippen molar-refractivity contribution in [3.05, 3.63) is 0 Å². The summed E-state index contributed by atoms with van der Waals surface area (Å²) in [4.78, 5) is 30.5. The molecular formula is C9H15BrF3N3O4. The molecule has 0 atom stereocenters. The van der Waals surface area contributed by atoms with Gasteiger partial charge in [-0.05, 0) is 13.0 Å². The molecule has 0 aliphatic rings. The Hall–Kier alpha value is -1.36. The van der Waals surface area contributed by atoms with E-state index in [0.29, 0.717) is 13.1 Å². The minimum Gasteiger partial charge on any atom is -0.475 e. The zero-order valence-corrected chi connectivity index (χ0v) is 11.9. The lowest BCUT2D eigenvalue weighted by Crippen LogP contribution is -2.38. The van der Waals surface area contributed by atoms with Gasteiger partial charge in [-0.25, -0.2) is 4.79 Å². The van der Waals surface area contributed by atoms with Gasteiger partial charge in [-0.15, -0.1) is 0 Å². The van der Waals surface area contributed by atoms with E-state index in [9.17, 15) is 22.8 Å². The van der Waals surface area contributed by atoms with Crippen LogP contribution in [0, 0.1) is 0 Å². The number of rotatable bonds is 6. The smallest absolute Gasteiger partial charge is 0.475 e. The van der Waals surface area contributed by atoms with E-state index in [-0.39, 0.29) is 23.7 Å². The Morgan fingerprint density at radius 1 is 1.15 bits per heavy atom. The number of hydrogen-bond donors (Lipinski definition) is 4. The van der Waals surface area contributed by atoms with Crippen LogP contribution < -0.4 is 16.4 Å². The molecule has 0 aliphatic heterocycles. The van der Waals surface area contributed by atoms with Gasteiger partial charge in [-0.3, -0.25) is 9.59 Å². The Kier molecular flexibility index (Phi) is 12.0. The first-order chi connectivity index (χ1) is 9.15. The largest absolute Gasteiger partial charge is 0.490 e. The Balaban J connectivity index is 0. The number of hydrogen-bond acceptors (Lipinski definition) is 4. The van der Waals surface area contributed by atoms with Crippen molar-refractivity contribution < 1.29 is 32.7 Å². The highest BCUT2D eigenvalue weighted by Gasteiger charge is 2.38. The van der Waals surface area contributed by atoms with E-state index >= 15 is 0 Å². The van der Waals surface area contributed by atoms with Crippen LogP contribution in [-0.2, 0) is 14.4 Å². The molecular weight excluding hydrogens is 351 g/mol. The van der Waals surface area contributed by atoms with Crippen LogP contribution in [0.3, 0.4) is 0 Å². The molecule has 0 saturated carbocycles. The standard InChI is InChI=1S/C7H14BrN3O2.C2HF3O2/c8-4-6(12)11-5-7(13)10-3-1-2-9;3-2(4,5)1(6)7/h1-5,9H2,(H,10,13)(H,11,12);(H,6,7). The molecule has 20 heavy (non-hydrogen) atoms. The summed E-state index contributed by atoms with van der Waals surface area (Å²) in [6.45, 7) is 1.13. The fraction of sp³-hybridized carbons (Fsp3) is 0.667. The number of carbonyl (C=O) groups is 3. The van der Waals surface area contributed by atoms with Gasteiger partial charge in [-0.2, -0.15) is 13.2 Å². The van der Waals surface area contributed by atoms with E-state index in [1.165, 1.54) is 0 Å². The van der Waals surface area contributed by atoms with Crippen molar-refractivity contribution in [1.82, 2.24) is 10.6 Å². The number of aliphatic carboxylic acids is 1. The van der Waals surface area contributed by atoms with E-state index in [1.807, 2.05) is 0 Å². The quantitative estimate of drug-likeness (QED) is 0.376. The molecule has 118 valence electrons. The normalized spacial score (nSPS) is 10.1. The zero-order chi connectivity index (χ0) is 16.2. The van der Waals surface area contributed by atoms with Gasteiger partial charge in [0.05, 0.1) is 11.9 Å². The third kappa shape index (κ3) is 14.7. The average molecular weight is 366 g/mol. The van der Waals surface area contributed by atoms with Gasteiger partial charge in [0.2, 0.25) is 11.8 Å². The number of nitrogens with one attached hydrogen (secondary N) is 2. The van der Waals surface area contributed by atoms with Crippen molar-refractivity contribution in [2.45, 2.75) is 12.6 Å². The number of carbonyl (C=O) groups excluding carboxylic acids is 2. The zero-order valence-electron chi connectivity index (χ0n) is 10.3. The molecule has 5 N–H and O–H groups in total. The molecule has 0 saturated heterocycles. The number of halogens is 4. The molecule has 0 aliphatic carbocycles. The van der Waals surface area contributed by atoms with Crippen molar-refractivity contribution >= 4 is 33.7 Å². The molecule has 0 aromatic heterocycles. The van der Waals surface area contributed by atoms with Crippen LogP contribution in [0.15, 0.2) is 0 Å². The minimum atomic E-state index is -5.08. The van der Waals surface area contributed by atoms with Gasteiger partial charge in [0.1, 0.15) is 0 Å². The number of amides is 2. The van der Waals surface area contributed by atoms with Crippen LogP contribution in [0.2, 0.25) is 0 Å². The molecule has 7 nitrogen and oxygen atoms in total. The third-order valence-corrected chi connectivity index (χ3v) is 2.02. The van der Waals surface area contributed by atoms with Gasteiger partial charge < -0.3 is 21.5 Å². The Morgan fingerprint density at radius 3 is 2.00 bits per heavy atom. The lowest BCUT2D eigenvalue weighted by atomic mass is 10.4. The number of carboxylic acid groups (broad SMARTS) is 1. The van der Waals surface area contributed by atoms with E-state index in [4.69, 9.17) is 15.6 Å². The highest BCUT2D eigenvalue weighted by atomic mass is 79.9. The summed E-state index contributed by atoms with van der Waals surface area (Å²) in [5.74, 6) is -3.15. The molecule has 2 amide bonds. The van der Waals surface area contributed by atoms with E-state index in [1.54, 1.807) is 0 Å². The lowest BCUT2D eigenvalue weighted by molar-refractivity contribution is -0.192. The van der Waals surface area contributed by atoms with Gasteiger partial charge in [-0.1, -0.05) is 15.9 Å². The average Bonchev–Trinajstić information content (AvgIpc) is 2.35. The Bertz CT molecular complexity index is 326. The highest BCUT2D eigenvalue weighted by Crippen LogP contribution is 2.13. The first-order valence-corrected chi connectivity index (χ1v) is 6.36. The molecule has 0 heterocycles. The summed E-state index contributed by atoms with van der Waals surface area (Å²) in [6, 6.07) is 0. The molecule has 0 aromatic rings. The maximum absolute atomic E-state index is 11.0. The number of carboxylic acids is 1. The predicted molar refractivity (Wildman–Crippen MR) is 67.2 cm³/mol. The molecule has 0 fully saturated rings. The summed E-state index contributed by atoms with van der Waals surface area (Å²) in [5.41, 5.74) is 5.23. The van der Waals surface area contributed by atoms with Crippen molar-refractivity contribution in [2.75, 3.05) is 25.0 Å². The Morgan fingerprint density at radius 2 is 1.65 bits per heavy atom. The maximum Gasteiger partial charge on any atom is 0.490 e. The first kappa shape index (κ1) is 20.9. The second-order valence-electron chi connectivity index (χ2n) is 3.21. The number of nitrogens with two attached hydrogens (primary N) is 1. The van der Waals surface area contributed by atoms with Gasteiger partial charge in [0.15, 0.2) is 0 Å². The fourth-order valence-corrected chi connectivity index (χ4v) is 0.817. The van der Waals surface area contributed by atoms with E-state index < -0.39 is 12.1 Å². The molecule has 0 radical (unpaired) electrons. The summed E-state index contributed by atoms with van der Waals surface area (Å²) in [5, 5.41) is 12.4. The lowest BCUT2D eigenvalue weighted by Gasteiger charge is -2.04. The Labute approximate surface area is 121 Å². The topological polar surface area (TPSA) is 122 Å². The van der Waals surface area contributed by atoms with E-state index in [0.717, 1.165) is 6.42 Å². The first-order valence-electron chi connectivity index (χ1n) is 5.24. The molecule has 0 aromatic carbocycles. The molecule has 11 heteroatoms. The van der Waals surface area contributed by atoms with Crippen molar-refractivity contribution in [3.8, 4) is 0 Å². The predicted octanol–water partition coefficient (Wildman–Crippen LogP) is -0.404. The van der Waals surface area contributed by atoms with Crippen LogP contribution in [0.1, 0.15) is 6.42 Å². The third-order valence-electron chi connectivity index (χ3n) is 1.51. The van der Waals surface area contributed by atoms with Gasteiger partial charge in [0.25, 0.3) is 0 Å². The summed E-state index contributed by atoms with van der Waals surface area (Å²) >= 11 is 2.97. The van der Waals surface area contributed by atoms with Crippen molar-refractivity contribution in [2.24, 2.45) is 5.73 Å². The van der Waals surface area contributed by atoms with Crippen LogP contribution in [0.5, 0.6) is 0 Å². The highest BCUT2D eigenvalue weighted by molar-refractivity contribution is 9.09. The summed E-state index contributed by atoms with van der Waals surface area (Å²) in [6.07, 6.45) is -4.34. The molecule has 0 unspecified atom stereocenters. The minimum absolute atomic E-state index is 0.0228. The molecule has 0 spiro atoms. The van der Waals surface area contributed by atoms with Crippen LogP contribution in [0.4, 0.5) is 13.2 Å². The van der Waals surface area contributed by atoms with Crippen molar-refractivity contribution in [1.29, 1.82) is 0 Å². The summed E-state index contributed by atoms with van der Waals surface area (Å²) in [7, 11) is 0. The summed E-state index contributed by atoms with van der Waals surface area (Å²) < 4.78 is 31.7. The van der Waals surface area contributed by atoms with Crippen molar-refractivity contribution in [3.63, 3.8) is 0 Å². The number of alkyl halides is 4. The fourth-order valence-electron chi connectivity index (χ4n) is 0.618. The SMILES string of the molecule is NCCCNC(=O)CNC(=O)CBr.O=C(O)C(F)(F)F. The van der Waals surface area contributed by atoms with Crippen LogP contribution in [-0.4, -0.2) is 54.0 Å². The maximum atomic E-state index is 11.0. The second kappa shape index (κ2) is 11.5. The molecule has 0 rings (SSSR count). The van der Waals surface area contributed by atoms with Gasteiger partial charge in [0, 0.05) is 6.54 Å². The monoisotopic (exact) mass is 365 g/mol. The van der Waals surface area contributed by atoms with E-state index in [2.05, 4.69) is 26.6 Å². The van der Waals surface area contributed by atoms with Crippen LogP contribution >= 0.6 is 15.9 Å². The second-order valence-corrected chi connectivity index (χ2v) is 3.77.